The summed E-state index contributed by atoms with van der Waals surface area (Å²) in [5, 5.41) is 3.11. The van der Waals surface area contributed by atoms with Crippen molar-refractivity contribution in [1.82, 2.24) is 0 Å². The molecular weight excluding hydrogens is 255 g/mol. The lowest BCUT2D eigenvalue weighted by Crippen LogP contribution is -2.08. The summed E-state index contributed by atoms with van der Waals surface area (Å²) in [7, 11) is 0. The number of hydrogen-bond donors (Lipinski definition) is 2. The van der Waals surface area contributed by atoms with Crippen LogP contribution in [0.1, 0.15) is 26.2 Å². The van der Waals surface area contributed by atoms with Crippen LogP contribution in [-0.2, 0) is 4.74 Å². The smallest absolute Gasteiger partial charge is 0.143 e. The van der Waals surface area contributed by atoms with E-state index in [1.165, 1.54) is 12.1 Å². The van der Waals surface area contributed by atoms with Gasteiger partial charge in [-0.05, 0) is 18.9 Å². The molecule has 0 unspecified atom stereocenters. The molecular formula is C13H20ClFN2O. The minimum Gasteiger partial charge on any atom is -0.397 e. The first-order chi connectivity index (χ1) is 8.65. The first-order valence-corrected chi connectivity index (χ1v) is 6.59. The van der Waals surface area contributed by atoms with Gasteiger partial charge in [-0.1, -0.05) is 24.9 Å². The SMILES string of the molecule is CCCCOCCCNc1cc(F)c(Cl)cc1N. The summed E-state index contributed by atoms with van der Waals surface area (Å²) in [6, 6.07) is 2.73. The summed E-state index contributed by atoms with van der Waals surface area (Å²) >= 11 is 5.62. The Labute approximate surface area is 112 Å². The van der Waals surface area contributed by atoms with Gasteiger partial charge < -0.3 is 15.8 Å². The lowest BCUT2D eigenvalue weighted by atomic mass is 10.2. The Morgan fingerprint density at radius 1 is 1.33 bits per heavy atom. The molecule has 0 spiro atoms. The van der Waals surface area contributed by atoms with Crippen LogP contribution in [-0.4, -0.2) is 19.8 Å². The third-order valence-corrected chi connectivity index (χ3v) is 2.81. The molecule has 3 nitrogen and oxygen atoms in total. The molecule has 0 aliphatic carbocycles. The molecule has 5 heteroatoms. The van der Waals surface area contributed by atoms with E-state index < -0.39 is 5.82 Å². The number of hydrogen-bond acceptors (Lipinski definition) is 3. The second-order valence-corrected chi connectivity index (χ2v) is 4.51. The molecule has 1 aromatic carbocycles. The fourth-order valence-corrected chi connectivity index (χ4v) is 1.63. The number of nitrogen functional groups attached to an aromatic ring is 1. The molecule has 0 fully saturated rings. The van der Waals surface area contributed by atoms with E-state index in [4.69, 9.17) is 22.1 Å². The van der Waals surface area contributed by atoms with Crippen LogP contribution in [0.3, 0.4) is 0 Å². The first kappa shape index (κ1) is 15.1. The Kier molecular flexibility index (Phi) is 6.83. The van der Waals surface area contributed by atoms with Crippen molar-refractivity contribution in [2.75, 3.05) is 30.8 Å². The molecule has 0 aliphatic rings. The van der Waals surface area contributed by atoms with Crippen LogP contribution in [0.5, 0.6) is 0 Å². The minimum atomic E-state index is -0.465. The van der Waals surface area contributed by atoms with Crippen molar-refractivity contribution in [3.8, 4) is 0 Å². The van der Waals surface area contributed by atoms with Crippen molar-refractivity contribution in [3.05, 3.63) is 23.0 Å². The Morgan fingerprint density at radius 2 is 2.06 bits per heavy atom. The van der Waals surface area contributed by atoms with Crippen molar-refractivity contribution in [3.63, 3.8) is 0 Å². The molecule has 0 bridgehead atoms. The van der Waals surface area contributed by atoms with E-state index in [2.05, 4.69) is 12.2 Å². The maximum atomic E-state index is 13.2. The highest BCUT2D eigenvalue weighted by Gasteiger charge is 2.05. The number of nitrogens with two attached hydrogens (primary N) is 1. The Balaban J connectivity index is 2.25. The summed E-state index contributed by atoms with van der Waals surface area (Å²) in [5.74, 6) is -0.465. The molecule has 1 aromatic rings. The first-order valence-electron chi connectivity index (χ1n) is 6.21. The zero-order chi connectivity index (χ0) is 13.4. The number of unbranched alkanes of at least 4 members (excludes halogenated alkanes) is 1. The minimum absolute atomic E-state index is 0.0425. The van der Waals surface area contributed by atoms with Gasteiger partial charge >= 0.3 is 0 Å². The molecule has 1 rings (SSSR count). The van der Waals surface area contributed by atoms with Crippen LogP contribution < -0.4 is 11.1 Å². The highest BCUT2D eigenvalue weighted by Crippen LogP contribution is 2.25. The zero-order valence-electron chi connectivity index (χ0n) is 10.6. The van der Waals surface area contributed by atoms with Gasteiger partial charge in [0.15, 0.2) is 0 Å². The average Bonchev–Trinajstić information content (AvgIpc) is 2.34. The molecule has 0 saturated heterocycles. The predicted molar refractivity (Wildman–Crippen MR) is 74.7 cm³/mol. The average molecular weight is 275 g/mol. The molecule has 0 atom stereocenters. The quantitative estimate of drug-likeness (QED) is 0.561. The van der Waals surface area contributed by atoms with Gasteiger partial charge in [0.1, 0.15) is 5.82 Å². The van der Waals surface area contributed by atoms with Crippen LogP contribution in [0.15, 0.2) is 12.1 Å². The molecule has 0 amide bonds. The second-order valence-electron chi connectivity index (χ2n) is 4.10. The second kappa shape index (κ2) is 8.16. The van der Waals surface area contributed by atoms with Crippen LogP contribution in [0.2, 0.25) is 5.02 Å². The van der Waals surface area contributed by atoms with Gasteiger partial charge in [-0.25, -0.2) is 4.39 Å². The van der Waals surface area contributed by atoms with E-state index in [1.54, 1.807) is 0 Å². The van der Waals surface area contributed by atoms with E-state index in [1.807, 2.05) is 0 Å². The summed E-state index contributed by atoms with van der Waals surface area (Å²) in [6.45, 7) is 4.32. The Bertz CT molecular complexity index is 374. The molecule has 3 N–H and O–H groups in total. The lowest BCUT2D eigenvalue weighted by molar-refractivity contribution is 0.131. The van der Waals surface area contributed by atoms with Gasteiger partial charge in [-0.15, -0.1) is 0 Å². The normalized spacial score (nSPS) is 10.6. The van der Waals surface area contributed by atoms with E-state index in [0.29, 0.717) is 24.5 Å². The fraction of sp³-hybridized carbons (Fsp3) is 0.538. The molecule has 0 saturated carbocycles. The lowest BCUT2D eigenvalue weighted by Gasteiger charge is -2.10. The summed E-state index contributed by atoms with van der Waals surface area (Å²) in [4.78, 5) is 0. The molecule has 18 heavy (non-hydrogen) atoms. The Hall–Kier alpha value is -1.00. The number of halogens is 2. The van der Waals surface area contributed by atoms with E-state index >= 15 is 0 Å². The summed E-state index contributed by atoms with van der Waals surface area (Å²) < 4.78 is 18.6. The van der Waals surface area contributed by atoms with Gasteiger partial charge in [0.25, 0.3) is 0 Å². The van der Waals surface area contributed by atoms with Crippen molar-refractivity contribution in [2.24, 2.45) is 0 Å². The van der Waals surface area contributed by atoms with Crippen molar-refractivity contribution in [1.29, 1.82) is 0 Å². The summed E-state index contributed by atoms with van der Waals surface area (Å²) in [5.41, 5.74) is 6.75. The predicted octanol–water partition coefficient (Wildman–Crippen LogP) is 3.68. The molecule has 0 heterocycles. The van der Waals surface area contributed by atoms with Crippen LogP contribution in [0, 0.1) is 5.82 Å². The third-order valence-electron chi connectivity index (χ3n) is 2.52. The summed E-state index contributed by atoms with van der Waals surface area (Å²) in [6.07, 6.45) is 3.08. The monoisotopic (exact) mass is 274 g/mol. The number of nitrogens with one attached hydrogen (secondary N) is 1. The number of ether oxygens (including phenoxy) is 1. The highest BCUT2D eigenvalue weighted by molar-refractivity contribution is 6.31. The van der Waals surface area contributed by atoms with Gasteiger partial charge in [0.2, 0.25) is 0 Å². The highest BCUT2D eigenvalue weighted by atomic mass is 35.5. The number of rotatable bonds is 8. The third kappa shape index (κ3) is 5.10. The van der Waals surface area contributed by atoms with Crippen molar-refractivity contribution in [2.45, 2.75) is 26.2 Å². The van der Waals surface area contributed by atoms with Crippen molar-refractivity contribution >= 4 is 23.0 Å². The zero-order valence-corrected chi connectivity index (χ0v) is 11.4. The Morgan fingerprint density at radius 3 is 2.78 bits per heavy atom. The van der Waals surface area contributed by atoms with E-state index in [-0.39, 0.29) is 5.02 Å². The standard InChI is InChI=1S/C13H20ClFN2O/c1-2-3-6-18-7-4-5-17-13-9-11(15)10(14)8-12(13)16/h8-9,17H,2-7,16H2,1H3. The van der Waals surface area contributed by atoms with Crippen molar-refractivity contribution < 1.29 is 9.13 Å². The topological polar surface area (TPSA) is 47.3 Å². The van der Waals surface area contributed by atoms with Gasteiger partial charge in [0.05, 0.1) is 16.4 Å². The van der Waals surface area contributed by atoms with Crippen LogP contribution in [0.25, 0.3) is 0 Å². The van der Waals surface area contributed by atoms with E-state index in [0.717, 1.165) is 25.9 Å². The maximum absolute atomic E-state index is 13.2. The largest absolute Gasteiger partial charge is 0.397 e. The van der Waals surface area contributed by atoms with Gasteiger partial charge in [0, 0.05) is 25.8 Å². The van der Waals surface area contributed by atoms with E-state index in [9.17, 15) is 4.39 Å². The van der Waals surface area contributed by atoms with Gasteiger partial charge in [-0.2, -0.15) is 0 Å². The van der Waals surface area contributed by atoms with Gasteiger partial charge in [-0.3, -0.25) is 0 Å². The fourth-order valence-electron chi connectivity index (χ4n) is 1.46. The number of benzene rings is 1. The van der Waals surface area contributed by atoms with Crippen LogP contribution in [0.4, 0.5) is 15.8 Å². The molecule has 102 valence electrons. The number of anilines is 2. The maximum Gasteiger partial charge on any atom is 0.143 e. The molecule has 0 aliphatic heterocycles. The molecule has 0 aromatic heterocycles. The molecule has 0 radical (unpaired) electrons. The van der Waals surface area contributed by atoms with Crippen LogP contribution >= 0.6 is 11.6 Å².